The average molecular weight is 340 g/mol. The Morgan fingerprint density at radius 1 is 1.32 bits per heavy atom. The summed E-state index contributed by atoms with van der Waals surface area (Å²) in [6.07, 6.45) is 4.48. The number of fused-ring (bicyclic) bond motifs is 1. The van der Waals surface area contributed by atoms with E-state index in [4.69, 9.17) is 0 Å². The fourth-order valence-electron chi connectivity index (χ4n) is 3.26. The number of carbonyl (C=O) groups excluding carboxylic acids is 2. The number of anilines is 2. The first-order valence-corrected chi connectivity index (χ1v) is 8.77. The molecule has 0 spiro atoms. The van der Waals surface area contributed by atoms with Crippen LogP contribution in [-0.2, 0) is 22.6 Å². The molecule has 1 aromatic carbocycles. The molecular weight excluding hydrogens is 316 g/mol. The number of aryl methyl sites for hydroxylation is 2. The monoisotopic (exact) mass is 340 g/mol. The van der Waals surface area contributed by atoms with Crippen LogP contribution < -0.4 is 10.2 Å². The van der Waals surface area contributed by atoms with E-state index < -0.39 is 11.8 Å². The van der Waals surface area contributed by atoms with E-state index in [2.05, 4.69) is 17.3 Å². The van der Waals surface area contributed by atoms with E-state index in [1.807, 2.05) is 38.1 Å². The van der Waals surface area contributed by atoms with E-state index in [1.54, 1.807) is 15.8 Å². The number of hydrogen-bond acceptors (Lipinski definition) is 3. The summed E-state index contributed by atoms with van der Waals surface area (Å²) in [5.41, 5.74) is 2.78. The minimum atomic E-state index is -0.620. The van der Waals surface area contributed by atoms with E-state index in [1.165, 1.54) is 0 Å². The average Bonchev–Trinajstić information content (AvgIpc) is 3.12. The minimum absolute atomic E-state index is 0.0262. The lowest BCUT2D eigenvalue weighted by Gasteiger charge is -2.22. The summed E-state index contributed by atoms with van der Waals surface area (Å²) in [7, 11) is 0. The molecule has 25 heavy (non-hydrogen) atoms. The fraction of sp³-hybridized carbons (Fsp3) is 0.421. The number of nitrogens with zero attached hydrogens (tertiary/aromatic N) is 3. The summed E-state index contributed by atoms with van der Waals surface area (Å²) in [5, 5.41) is 7.06. The van der Waals surface area contributed by atoms with Gasteiger partial charge in [0.25, 0.3) is 0 Å². The predicted molar refractivity (Wildman–Crippen MR) is 97.6 cm³/mol. The quantitative estimate of drug-likeness (QED) is 0.870. The van der Waals surface area contributed by atoms with E-state index >= 15 is 0 Å². The van der Waals surface area contributed by atoms with Gasteiger partial charge in [0.05, 0.1) is 6.20 Å². The molecule has 0 saturated carbocycles. The van der Waals surface area contributed by atoms with Gasteiger partial charge in [-0.2, -0.15) is 5.10 Å². The molecule has 1 aliphatic heterocycles. The van der Waals surface area contributed by atoms with Crippen molar-refractivity contribution in [3.8, 4) is 0 Å². The standard InChI is InChI=1S/C19H24N4O2/c1-4-5-10-22-17(13(2)12-20-22)21-18(24)19(25)23-14(3)11-15-8-6-7-9-16(15)23/h6-9,12,14H,4-5,10-11H2,1-3H3,(H,21,24). The van der Waals surface area contributed by atoms with Crippen LogP contribution >= 0.6 is 0 Å². The molecule has 132 valence electrons. The first kappa shape index (κ1) is 17.2. The number of benzene rings is 1. The smallest absolute Gasteiger partial charge is 0.302 e. The van der Waals surface area contributed by atoms with Crippen LogP contribution in [0.4, 0.5) is 11.5 Å². The van der Waals surface area contributed by atoms with Crippen molar-refractivity contribution in [2.75, 3.05) is 10.2 Å². The molecule has 0 aliphatic carbocycles. The molecule has 1 aromatic heterocycles. The Balaban J connectivity index is 1.78. The van der Waals surface area contributed by atoms with Crippen molar-refractivity contribution in [1.82, 2.24) is 9.78 Å². The van der Waals surface area contributed by atoms with Crippen LogP contribution in [0.25, 0.3) is 0 Å². The zero-order chi connectivity index (χ0) is 18.0. The van der Waals surface area contributed by atoms with E-state index in [0.29, 0.717) is 5.82 Å². The number of amides is 2. The Kier molecular flexibility index (Phi) is 4.88. The second-order valence-corrected chi connectivity index (χ2v) is 6.56. The molecule has 6 nitrogen and oxygen atoms in total. The highest BCUT2D eigenvalue weighted by Gasteiger charge is 2.34. The van der Waals surface area contributed by atoms with Crippen molar-refractivity contribution in [2.45, 2.75) is 52.6 Å². The number of nitrogens with one attached hydrogen (secondary N) is 1. The summed E-state index contributed by atoms with van der Waals surface area (Å²) in [6.45, 7) is 6.66. The lowest BCUT2D eigenvalue weighted by molar-refractivity contribution is -0.134. The zero-order valence-corrected chi connectivity index (χ0v) is 15.0. The number of unbranched alkanes of at least 4 members (excludes halogenated alkanes) is 1. The van der Waals surface area contributed by atoms with E-state index in [9.17, 15) is 9.59 Å². The first-order chi connectivity index (χ1) is 12.0. The van der Waals surface area contributed by atoms with Crippen molar-refractivity contribution in [1.29, 1.82) is 0 Å². The number of carbonyl (C=O) groups is 2. The molecule has 1 aliphatic rings. The number of rotatable bonds is 4. The lowest BCUT2D eigenvalue weighted by Crippen LogP contribution is -2.43. The highest BCUT2D eigenvalue weighted by Crippen LogP contribution is 2.32. The third-order valence-electron chi connectivity index (χ3n) is 4.60. The molecule has 0 fully saturated rings. The summed E-state index contributed by atoms with van der Waals surface area (Å²) >= 11 is 0. The van der Waals surface area contributed by atoms with Crippen LogP contribution in [0.2, 0.25) is 0 Å². The topological polar surface area (TPSA) is 67.2 Å². The molecule has 3 rings (SSSR count). The van der Waals surface area contributed by atoms with Crippen LogP contribution in [0.15, 0.2) is 30.5 Å². The number of aromatic nitrogens is 2. The van der Waals surface area contributed by atoms with Crippen LogP contribution in [0.1, 0.15) is 37.8 Å². The van der Waals surface area contributed by atoms with Crippen molar-refractivity contribution >= 4 is 23.3 Å². The predicted octanol–water partition coefficient (Wildman–Crippen LogP) is 2.91. The molecule has 0 bridgehead atoms. The largest absolute Gasteiger partial charge is 0.316 e. The molecule has 0 saturated heterocycles. The Hall–Kier alpha value is -2.63. The Morgan fingerprint density at radius 3 is 2.84 bits per heavy atom. The van der Waals surface area contributed by atoms with Crippen LogP contribution in [0.3, 0.4) is 0 Å². The third-order valence-corrected chi connectivity index (χ3v) is 4.60. The molecular formula is C19H24N4O2. The summed E-state index contributed by atoms with van der Waals surface area (Å²) < 4.78 is 1.76. The second-order valence-electron chi connectivity index (χ2n) is 6.56. The Morgan fingerprint density at radius 2 is 2.08 bits per heavy atom. The van der Waals surface area contributed by atoms with Gasteiger partial charge in [0, 0.05) is 23.8 Å². The van der Waals surface area contributed by atoms with Crippen molar-refractivity contribution in [3.05, 3.63) is 41.6 Å². The van der Waals surface area contributed by atoms with Gasteiger partial charge in [-0.05, 0) is 38.3 Å². The van der Waals surface area contributed by atoms with Crippen LogP contribution in [0, 0.1) is 6.92 Å². The number of hydrogen-bond donors (Lipinski definition) is 1. The molecule has 1 unspecified atom stereocenters. The summed E-state index contributed by atoms with van der Waals surface area (Å²) in [4.78, 5) is 26.9. The molecule has 0 radical (unpaired) electrons. The Labute approximate surface area is 147 Å². The second kappa shape index (κ2) is 7.09. The van der Waals surface area contributed by atoms with Crippen molar-refractivity contribution in [2.24, 2.45) is 0 Å². The van der Waals surface area contributed by atoms with Gasteiger partial charge in [-0.1, -0.05) is 31.5 Å². The number of para-hydroxylation sites is 1. The van der Waals surface area contributed by atoms with Crippen LogP contribution in [-0.4, -0.2) is 27.6 Å². The lowest BCUT2D eigenvalue weighted by atomic mass is 10.1. The maximum atomic E-state index is 12.8. The van der Waals surface area contributed by atoms with Gasteiger partial charge in [0.1, 0.15) is 5.82 Å². The Bertz CT molecular complexity index is 796. The summed E-state index contributed by atoms with van der Waals surface area (Å²) in [5.74, 6) is -0.545. The SMILES string of the molecule is CCCCn1ncc(C)c1NC(=O)C(=O)N1c2ccccc2CC1C. The normalized spacial score (nSPS) is 16.0. The third kappa shape index (κ3) is 3.29. The van der Waals surface area contributed by atoms with Crippen molar-refractivity contribution < 1.29 is 9.59 Å². The van der Waals surface area contributed by atoms with Gasteiger partial charge < -0.3 is 10.2 Å². The molecule has 2 aromatic rings. The van der Waals surface area contributed by atoms with Gasteiger partial charge in [-0.3, -0.25) is 9.59 Å². The first-order valence-electron chi connectivity index (χ1n) is 8.77. The highest BCUT2D eigenvalue weighted by atomic mass is 16.2. The molecule has 2 amide bonds. The van der Waals surface area contributed by atoms with Gasteiger partial charge in [-0.15, -0.1) is 0 Å². The molecule has 1 N–H and O–H groups in total. The van der Waals surface area contributed by atoms with Gasteiger partial charge >= 0.3 is 11.8 Å². The maximum Gasteiger partial charge on any atom is 0.316 e. The van der Waals surface area contributed by atoms with Crippen molar-refractivity contribution in [3.63, 3.8) is 0 Å². The minimum Gasteiger partial charge on any atom is -0.302 e. The zero-order valence-electron chi connectivity index (χ0n) is 15.0. The molecule has 2 heterocycles. The maximum absolute atomic E-state index is 12.8. The van der Waals surface area contributed by atoms with Crippen LogP contribution in [0.5, 0.6) is 0 Å². The van der Waals surface area contributed by atoms with Gasteiger partial charge in [-0.25, -0.2) is 4.68 Å². The van der Waals surface area contributed by atoms with E-state index in [0.717, 1.165) is 42.6 Å². The fourth-order valence-corrected chi connectivity index (χ4v) is 3.26. The summed E-state index contributed by atoms with van der Waals surface area (Å²) in [6, 6.07) is 7.71. The van der Waals surface area contributed by atoms with Gasteiger partial charge in [0.2, 0.25) is 0 Å². The molecule has 6 heteroatoms. The highest BCUT2D eigenvalue weighted by molar-refractivity contribution is 6.44. The van der Waals surface area contributed by atoms with Gasteiger partial charge in [0.15, 0.2) is 0 Å². The van der Waals surface area contributed by atoms with E-state index in [-0.39, 0.29) is 6.04 Å². The molecule has 1 atom stereocenters.